The van der Waals surface area contributed by atoms with Gasteiger partial charge in [-0.2, -0.15) is 0 Å². The lowest BCUT2D eigenvalue weighted by Crippen LogP contribution is -2.37. The Morgan fingerprint density at radius 2 is 1.79 bits per heavy atom. The molecule has 0 atom stereocenters. The number of ether oxygens (including phenoxy) is 2. The van der Waals surface area contributed by atoms with Crippen LogP contribution in [0.3, 0.4) is 0 Å². The molecule has 2 rings (SSSR count). The maximum Gasteiger partial charge on any atom is 0.255 e. The van der Waals surface area contributed by atoms with E-state index >= 15 is 0 Å². The molecule has 1 aromatic carbocycles. The van der Waals surface area contributed by atoms with Gasteiger partial charge in [0.1, 0.15) is 0 Å². The van der Waals surface area contributed by atoms with E-state index < -0.39 is 0 Å². The Balaban J connectivity index is 0.00000288. The molecular weight excluding hydrogens is 328 g/mol. The van der Waals surface area contributed by atoms with E-state index in [9.17, 15) is 4.79 Å². The third-order valence-corrected chi connectivity index (χ3v) is 4.35. The second-order valence-electron chi connectivity index (χ2n) is 5.94. The van der Waals surface area contributed by atoms with Crippen LogP contribution in [0.2, 0.25) is 0 Å². The number of methoxy groups -OCH3 is 2. The average molecular weight is 357 g/mol. The molecule has 0 bridgehead atoms. The number of carbonyl (C=O) groups is 1. The van der Waals surface area contributed by atoms with Crippen molar-refractivity contribution >= 4 is 18.3 Å². The van der Waals surface area contributed by atoms with E-state index in [1.807, 2.05) is 0 Å². The molecule has 0 unspecified atom stereocenters. The zero-order valence-corrected chi connectivity index (χ0v) is 15.4. The fourth-order valence-electron chi connectivity index (χ4n) is 3.10. The van der Waals surface area contributed by atoms with Crippen LogP contribution >= 0.6 is 12.4 Å². The summed E-state index contributed by atoms with van der Waals surface area (Å²) in [6, 6.07) is 5.92. The molecule has 1 amide bonds. The normalized spacial score (nSPS) is 15.1. The standard InChI is InChI=1S/C18H28N2O3.ClH/c1-22-16-11-7-10-15(17(16)23-2)18(21)20-13-12-19-14-8-5-3-4-6-9-14;/h7,10-11,14,19H,3-6,8-9,12-13H2,1-2H3,(H,20,21);1H. The number of para-hydroxylation sites is 1. The highest BCUT2D eigenvalue weighted by Gasteiger charge is 2.16. The van der Waals surface area contributed by atoms with Gasteiger partial charge < -0.3 is 20.1 Å². The Kier molecular flexibility index (Phi) is 9.57. The van der Waals surface area contributed by atoms with E-state index in [2.05, 4.69) is 10.6 Å². The van der Waals surface area contributed by atoms with Crippen molar-refractivity contribution in [3.63, 3.8) is 0 Å². The zero-order chi connectivity index (χ0) is 16.5. The fourth-order valence-corrected chi connectivity index (χ4v) is 3.10. The van der Waals surface area contributed by atoms with Gasteiger partial charge in [-0.25, -0.2) is 0 Å². The van der Waals surface area contributed by atoms with Crippen LogP contribution in [0, 0.1) is 0 Å². The molecular formula is C18H29ClN2O3. The molecule has 1 aromatic rings. The topological polar surface area (TPSA) is 59.6 Å². The summed E-state index contributed by atoms with van der Waals surface area (Å²) in [4.78, 5) is 12.3. The number of halogens is 1. The molecule has 5 nitrogen and oxygen atoms in total. The van der Waals surface area contributed by atoms with Crippen LogP contribution in [0.25, 0.3) is 0 Å². The van der Waals surface area contributed by atoms with Gasteiger partial charge in [-0.1, -0.05) is 31.7 Å². The number of carbonyl (C=O) groups excluding carboxylic acids is 1. The third-order valence-electron chi connectivity index (χ3n) is 4.35. The predicted octanol–water partition coefficient (Wildman–Crippen LogP) is 3.17. The maximum atomic E-state index is 12.3. The summed E-state index contributed by atoms with van der Waals surface area (Å²) in [5, 5.41) is 6.49. The molecule has 1 fully saturated rings. The van der Waals surface area contributed by atoms with Crippen molar-refractivity contribution in [1.29, 1.82) is 0 Å². The van der Waals surface area contributed by atoms with Crippen molar-refractivity contribution < 1.29 is 14.3 Å². The van der Waals surface area contributed by atoms with Gasteiger partial charge in [0.25, 0.3) is 5.91 Å². The molecule has 136 valence electrons. The second kappa shape index (κ2) is 11.2. The second-order valence-corrected chi connectivity index (χ2v) is 5.94. The molecule has 0 heterocycles. The summed E-state index contributed by atoms with van der Waals surface area (Å²) >= 11 is 0. The lowest BCUT2D eigenvalue weighted by atomic mass is 10.1. The molecule has 1 aliphatic rings. The molecule has 1 aliphatic carbocycles. The first-order valence-corrected chi connectivity index (χ1v) is 8.49. The van der Waals surface area contributed by atoms with Gasteiger partial charge in [-0.15, -0.1) is 12.4 Å². The summed E-state index contributed by atoms with van der Waals surface area (Å²) in [5.74, 6) is 0.907. The first-order valence-electron chi connectivity index (χ1n) is 8.49. The smallest absolute Gasteiger partial charge is 0.255 e. The average Bonchev–Trinajstić information content (AvgIpc) is 2.86. The van der Waals surface area contributed by atoms with Crippen LogP contribution in [0.1, 0.15) is 48.9 Å². The van der Waals surface area contributed by atoms with E-state index in [4.69, 9.17) is 9.47 Å². The van der Waals surface area contributed by atoms with E-state index in [-0.39, 0.29) is 18.3 Å². The molecule has 0 spiro atoms. The molecule has 1 saturated carbocycles. The third kappa shape index (κ3) is 5.87. The lowest BCUT2D eigenvalue weighted by molar-refractivity contribution is 0.0950. The fraction of sp³-hybridized carbons (Fsp3) is 0.611. The van der Waals surface area contributed by atoms with E-state index in [1.54, 1.807) is 32.4 Å². The van der Waals surface area contributed by atoms with Gasteiger partial charge in [-0.05, 0) is 25.0 Å². The van der Waals surface area contributed by atoms with Crippen LogP contribution in [0.15, 0.2) is 18.2 Å². The summed E-state index contributed by atoms with van der Waals surface area (Å²) in [7, 11) is 3.11. The largest absolute Gasteiger partial charge is 0.493 e. The summed E-state index contributed by atoms with van der Waals surface area (Å²) in [6.07, 6.45) is 7.82. The van der Waals surface area contributed by atoms with Crippen molar-refractivity contribution in [2.24, 2.45) is 0 Å². The summed E-state index contributed by atoms with van der Waals surface area (Å²) in [6.45, 7) is 1.40. The Hall–Kier alpha value is -1.46. The minimum absolute atomic E-state index is 0. The number of benzene rings is 1. The monoisotopic (exact) mass is 356 g/mol. The number of hydrogen-bond donors (Lipinski definition) is 2. The van der Waals surface area contributed by atoms with Gasteiger partial charge in [-0.3, -0.25) is 4.79 Å². The van der Waals surface area contributed by atoms with Gasteiger partial charge in [0.2, 0.25) is 0 Å². The Morgan fingerprint density at radius 3 is 2.42 bits per heavy atom. The number of nitrogens with one attached hydrogen (secondary N) is 2. The van der Waals surface area contributed by atoms with Gasteiger partial charge in [0.05, 0.1) is 19.8 Å². The van der Waals surface area contributed by atoms with Crippen LogP contribution < -0.4 is 20.1 Å². The van der Waals surface area contributed by atoms with E-state index in [0.717, 1.165) is 6.54 Å². The van der Waals surface area contributed by atoms with Crippen molar-refractivity contribution in [2.75, 3.05) is 27.3 Å². The summed E-state index contributed by atoms with van der Waals surface area (Å²) < 4.78 is 10.5. The SMILES string of the molecule is COc1cccc(C(=O)NCCNC2CCCCCC2)c1OC.Cl. The molecule has 0 saturated heterocycles. The molecule has 24 heavy (non-hydrogen) atoms. The van der Waals surface area contributed by atoms with E-state index in [1.165, 1.54) is 38.5 Å². The number of amides is 1. The minimum atomic E-state index is -0.136. The van der Waals surface area contributed by atoms with Crippen LogP contribution in [0.5, 0.6) is 11.5 Å². The molecule has 0 aliphatic heterocycles. The Bertz CT molecular complexity index is 503. The van der Waals surface area contributed by atoms with Crippen molar-refractivity contribution in [1.82, 2.24) is 10.6 Å². The highest BCUT2D eigenvalue weighted by Crippen LogP contribution is 2.30. The minimum Gasteiger partial charge on any atom is -0.493 e. The molecule has 2 N–H and O–H groups in total. The first kappa shape index (κ1) is 20.6. The molecule has 0 aromatic heterocycles. The summed E-state index contributed by atoms with van der Waals surface area (Å²) in [5.41, 5.74) is 0.501. The van der Waals surface area contributed by atoms with E-state index in [0.29, 0.717) is 29.6 Å². The number of hydrogen-bond acceptors (Lipinski definition) is 4. The maximum absolute atomic E-state index is 12.3. The van der Waals surface area contributed by atoms with Crippen LogP contribution in [-0.4, -0.2) is 39.3 Å². The zero-order valence-electron chi connectivity index (χ0n) is 14.6. The predicted molar refractivity (Wildman–Crippen MR) is 98.6 cm³/mol. The van der Waals surface area contributed by atoms with Gasteiger partial charge in [0.15, 0.2) is 11.5 Å². The lowest BCUT2D eigenvalue weighted by Gasteiger charge is -2.17. The van der Waals surface area contributed by atoms with Gasteiger partial charge in [0, 0.05) is 19.1 Å². The van der Waals surface area contributed by atoms with Crippen molar-refractivity contribution in [2.45, 2.75) is 44.6 Å². The Labute approximate surface area is 150 Å². The highest BCUT2D eigenvalue weighted by atomic mass is 35.5. The first-order chi connectivity index (χ1) is 11.3. The molecule has 6 heteroatoms. The quantitative estimate of drug-likeness (QED) is 0.582. The highest BCUT2D eigenvalue weighted by molar-refractivity contribution is 5.97. The van der Waals surface area contributed by atoms with Crippen LogP contribution in [0.4, 0.5) is 0 Å². The van der Waals surface area contributed by atoms with Crippen molar-refractivity contribution in [3.8, 4) is 11.5 Å². The van der Waals surface area contributed by atoms with Gasteiger partial charge >= 0.3 is 0 Å². The van der Waals surface area contributed by atoms with Crippen molar-refractivity contribution in [3.05, 3.63) is 23.8 Å². The Morgan fingerprint density at radius 1 is 1.08 bits per heavy atom. The molecule has 0 radical (unpaired) electrons. The van der Waals surface area contributed by atoms with Crippen LogP contribution in [-0.2, 0) is 0 Å². The number of rotatable bonds is 7.